The number of hydrogen-bond acceptors (Lipinski definition) is 5. The van der Waals surface area contributed by atoms with Crippen LogP contribution in [0.2, 0.25) is 0 Å². The van der Waals surface area contributed by atoms with Crippen molar-refractivity contribution in [3.8, 4) is 0 Å². The normalized spacial score (nSPS) is 22.0. The van der Waals surface area contributed by atoms with E-state index in [0.29, 0.717) is 24.9 Å². The molecule has 1 aliphatic carbocycles. The molecule has 1 saturated heterocycles. The second-order valence-corrected chi connectivity index (χ2v) is 8.90. The van der Waals surface area contributed by atoms with Crippen LogP contribution in [-0.2, 0) is 20.9 Å². The van der Waals surface area contributed by atoms with E-state index in [1.54, 1.807) is 13.0 Å². The minimum atomic E-state index is -0.928. The highest BCUT2D eigenvalue weighted by Gasteiger charge is 2.52. The highest BCUT2D eigenvalue weighted by atomic mass is 16.5. The van der Waals surface area contributed by atoms with Crippen LogP contribution >= 0.6 is 0 Å². The zero-order valence-electron chi connectivity index (χ0n) is 19.0. The number of hydrogen-bond donors (Lipinski definition) is 1. The number of nitrogens with one attached hydrogen (secondary N) is 1. The highest BCUT2D eigenvalue weighted by Crippen LogP contribution is 2.36. The van der Waals surface area contributed by atoms with Crippen LogP contribution in [0.15, 0.2) is 6.07 Å². The standard InChI is InChI=1S/C23H33N3O5/c1-15-13-18(16(2)25(15)12-8-11-20(28)31-4)19(27)14-26-21(29)23(3,24-22(26)30)17-9-6-5-7-10-17/h13,17H,5-12,14H2,1-4H3,(H,24,30)/t23-/m0/s1. The first-order chi connectivity index (χ1) is 14.7. The van der Waals surface area contributed by atoms with Crippen molar-refractivity contribution < 1.29 is 23.9 Å². The molecule has 2 aliphatic rings. The van der Waals surface area contributed by atoms with Crippen molar-refractivity contribution in [3.63, 3.8) is 0 Å². The number of aryl methyl sites for hydroxylation is 1. The van der Waals surface area contributed by atoms with Gasteiger partial charge in [-0.2, -0.15) is 0 Å². The van der Waals surface area contributed by atoms with Crippen LogP contribution < -0.4 is 5.32 Å². The first-order valence-electron chi connectivity index (χ1n) is 11.1. The fraction of sp³-hybridized carbons (Fsp3) is 0.652. The Bertz CT molecular complexity index is 884. The van der Waals surface area contributed by atoms with Crippen molar-refractivity contribution in [1.82, 2.24) is 14.8 Å². The van der Waals surface area contributed by atoms with Gasteiger partial charge in [-0.3, -0.25) is 19.3 Å². The molecule has 8 nitrogen and oxygen atoms in total. The summed E-state index contributed by atoms with van der Waals surface area (Å²) in [6.45, 7) is 5.86. The fourth-order valence-corrected chi connectivity index (χ4v) is 4.96. The number of urea groups is 1. The molecular formula is C23H33N3O5. The maximum atomic E-state index is 13.1. The fourth-order valence-electron chi connectivity index (χ4n) is 4.96. The molecule has 8 heteroatoms. The third-order valence-electron chi connectivity index (χ3n) is 6.89. The van der Waals surface area contributed by atoms with Gasteiger partial charge in [0.25, 0.3) is 5.91 Å². The van der Waals surface area contributed by atoms with E-state index in [9.17, 15) is 19.2 Å². The van der Waals surface area contributed by atoms with E-state index < -0.39 is 11.6 Å². The zero-order valence-corrected chi connectivity index (χ0v) is 19.0. The average Bonchev–Trinajstić information content (AvgIpc) is 3.16. The van der Waals surface area contributed by atoms with Crippen molar-refractivity contribution in [2.24, 2.45) is 5.92 Å². The van der Waals surface area contributed by atoms with Crippen LogP contribution in [0.1, 0.15) is 73.6 Å². The van der Waals surface area contributed by atoms with Crippen LogP contribution in [0, 0.1) is 19.8 Å². The van der Waals surface area contributed by atoms with Gasteiger partial charge in [-0.25, -0.2) is 4.79 Å². The summed E-state index contributed by atoms with van der Waals surface area (Å²) in [7, 11) is 1.36. The summed E-state index contributed by atoms with van der Waals surface area (Å²) in [4.78, 5) is 51.2. The van der Waals surface area contributed by atoms with Crippen molar-refractivity contribution in [2.75, 3.05) is 13.7 Å². The topological polar surface area (TPSA) is 97.7 Å². The first kappa shape index (κ1) is 23.0. The molecule has 1 atom stereocenters. The Balaban J connectivity index is 1.70. The lowest BCUT2D eigenvalue weighted by Gasteiger charge is -2.34. The summed E-state index contributed by atoms with van der Waals surface area (Å²) >= 11 is 0. The summed E-state index contributed by atoms with van der Waals surface area (Å²) in [6.07, 6.45) is 6.01. The quantitative estimate of drug-likeness (QED) is 0.387. The third kappa shape index (κ3) is 4.52. The molecule has 1 aliphatic heterocycles. The number of amides is 3. The first-order valence-corrected chi connectivity index (χ1v) is 11.1. The molecule has 0 unspecified atom stereocenters. The number of ketones is 1. The zero-order chi connectivity index (χ0) is 22.8. The Kier molecular flexibility index (Phi) is 6.86. The SMILES string of the molecule is COC(=O)CCCn1c(C)cc(C(=O)CN2C(=O)N[C@@](C)(C3CCCCC3)C2=O)c1C. The molecule has 0 bridgehead atoms. The van der Waals surface area contributed by atoms with Gasteiger partial charge < -0.3 is 14.6 Å². The van der Waals surface area contributed by atoms with E-state index in [1.165, 1.54) is 7.11 Å². The maximum absolute atomic E-state index is 13.1. The number of nitrogens with zero attached hydrogens (tertiary/aromatic N) is 2. The molecule has 0 radical (unpaired) electrons. The van der Waals surface area contributed by atoms with E-state index in [1.807, 2.05) is 18.4 Å². The highest BCUT2D eigenvalue weighted by molar-refractivity contribution is 6.11. The number of Topliss-reactive ketones (excluding diaryl/α,β-unsaturated/α-hetero) is 1. The summed E-state index contributed by atoms with van der Waals surface area (Å²) < 4.78 is 6.65. The number of carbonyl (C=O) groups is 4. The molecule has 2 heterocycles. The number of rotatable bonds is 8. The number of imide groups is 1. The van der Waals surface area contributed by atoms with Gasteiger partial charge in [-0.15, -0.1) is 0 Å². The number of ether oxygens (including phenoxy) is 1. The van der Waals surface area contributed by atoms with E-state index in [4.69, 9.17) is 0 Å². The maximum Gasteiger partial charge on any atom is 0.325 e. The van der Waals surface area contributed by atoms with Crippen molar-refractivity contribution in [2.45, 2.75) is 77.8 Å². The lowest BCUT2D eigenvalue weighted by atomic mass is 9.75. The molecule has 1 saturated carbocycles. The molecule has 2 fully saturated rings. The Morgan fingerprint density at radius 2 is 1.87 bits per heavy atom. The predicted molar refractivity (Wildman–Crippen MR) is 115 cm³/mol. The van der Waals surface area contributed by atoms with Crippen molar-refractivity contribution >= 4 is 23.7 Å². The van der Waals surface area contributed by atoms with Crippen LogP contribution in [0.3, 0.4) is 0 Å². The summed E-state index contributed by atoms with van der Waals surface area (Å²) in [5, 5.41) is 2.87. The van der Waals surface area contributed by atoms with Crippen LogP contribution in [-0.4, -0.2) is 52.4 Å². The Morgan fingerprint density at radius 3 is 2.52 bits per heavy atom. The van der Waals surface area contributed by atoms with Gasteiger partial charge in [0, 0.05) is 29.9 Å². The minimum absolute atomic E-state index is 0.109. The molecule has 3 rings (SSSR count). The monoisotopic (exact) mass is 431 g/mol. The van der Waals surface area contributed by atoms with E-state index >= 15 is 0 Å². The molecule has 0 aromatic carbocycles. The molecule has 3 amide bonds. The molecule has 1 N–H and O–H groups in total. The molecule has 1 aromatic rings. The van der Waals surface area contributed by atoms with Gasteiger partial charge >= 0.3 is 12.0 Å². The van der Waals surface area contributed by atoms with Gasteiger partial charge in [0.15, 0.2) is 5.78 Å². The molecule has 0 spiro atoms. The van der Waals surface area contributed by atoms with Gasteiger partial charge in [0.2, 0.25) is 0 Å². The second kappa shape index (κ2) is 9.24. The second-order valence-electron chi connectivity index (χ2n) is 8.90. The van der Waals surface area contributed by atoms with Crippen LogP contribution in [0.25, 0.3) is 0 Å². The number of methoxy groups -OCH3 is 1. The van der Waals surface area contributed by atoms with Crippen LogP contribution in [0.4, 0.5) is 4.79 Å². The third-order valence-corrected chi connectivity index (χ3v) is 6.89. The van der Waals surface area contributed by atoms with Gasteiger partial charge in [-0.1, -0.05) is 19.3 Å². The number of esters is 1. The predicted octanol–water partition coefficient (Wildman–Crippen LogP) is 3.13. The lowest BCUT2D eigenvalue weighted by Crippen LogP contribution is -2.51. The van der Waals surface area contributed by atoms with Gasteiger partial charge in [0.05, 0.1) is 13.7 Å². The van der Waals surface area contributed by atoms with Crippen molar-refractivity contribution in [1.29, 1.82) is 0 Å². The van der Waals surface area contributed by atoms with Crippen molar-refractivity contribution in [3.05, 3.63) is 23.0 Å². The molecular weight excluding hydrogens is 398 g/mol. The molecule has 170 valence electrons. The van der Waals surface area contributed by atoms with E-state index in [2.05, 4.69) is 10.1 Å². The van der Waals surface area contributed by atoms with Gasteiger partial charge in [0.1, 0.15) is 5.54 Å². The molecule has 31 heavy (non-hydrogen) atoms. The Labute approximate surface area is 183 Å². The largest absolute Gasteiger partial charge is 0.469 e. The Morgan fingerprint density at radius 1 is 1.19 bits per heavy atom. The van der Waals surface area contributed by atoms with E-state index in [-0.39, 0.29) is 30.1 Å². The summed E-state index contributed by atoms with van der Waals surface area (Å²) in [6, 6.07) is 1.30. The van der Waals surface area contributed by atoms with E-state index in [0.717, 1.165) is 48.4 Å². The average molecular weight is 432 g/mol. The lowest BCUT2D eigenvalue weighted by molar-refractivity contribution is -0.140. The summed E-state index contributed by atoms with van der Waals surface area (Å²) in [5.41, 5.74) is 1.25. The number of aromatic nitrogens is 1. The minimum Gasteiger partial charge on any atom is -0.469 e. The van der Waals surface area contributed by atoms with Gasteiger partial charge in [-0.05, 0) is 52.0 Å². The van der Waals surface area contributed by atoms with Crippen LogP contribution in [0.5, 0.6) is 0 Å². The number of carbonyl (C=O) groups excluding carboxylic acids is 4. The Hall–Kier alpha value is -2.64. The smallest absolute Gasteiger partial charge is 0.325 e. The summed E-state index contributed by atoms with van der Waals surface area (Å²) in [5.74, 6) is -0.718. The molecule has 1 aromatic heterocycles.